The third-order valence-corrected chi connectivity index (χ3v) is 3.39. The molecule has 0 unspecified atom stereocenters. The lowest BCUT2D eigenvalue weighted by molar-refractivity contribution is -0.124. The second kappa shape index (κ2) is 9.54. The van der Waals surface area contributed by atoms with Crippen LogP contribution in [0, 0.1) is 0 Å². The van der Waals surface area contributed by atoms with Gasteiger partial charge in [0.1, 0.15) is 23.7 Å². The molecule has 2 aromatic carbocycles. The summed E-state index contributed by atoms with van der Waals surface area (Å²) in [7, 11) is 1.43. The van der Waals surface area contributed by atoms with Gasteiger partial charge in [0.15, 0.2) is 6.61 Å². The molecule has 0 spiro atoms. The van der Waals surface area contributed by atoms with Crippen molar-refractivity contribution in [3.8, 4) is 11.5 Å². The highest BCUT2D eigenvalue weighted by atomic mass is 35.5. The molecule has 0 aliphatic heterocycles. The maximum absolute atomic E-state index is 12.0. The number of halogens is 1. The summed E-state index contributed by atoms with van der Waals surface area (Å²) in [5, 5.41) is 2.97. The summed E-state index contributed by atoms with van der Waals surface area (Å²) in [6.45, 7) is 0.206. The second-order valence-corrected chi connectivity index (χ2v) is 5.37. The number of carbonyl (C=O) groups is 2. The molecule has 0 radical (unpaired) electrons. The van der Waals surface area contributed by atoms with Crippen molar-refractivity contribution in [2.45, 2.75) is 0 Å². The number of nitrogens with one attached hydrogen (secondary N) is 1. The minimum absolute atomic E-state index is 0.162. The van der Waals surface area contributed by atoms with Crippen LogP contribution in [0.3, 0.4) is 0 Å². The van der Waals surface area contributed by atoms with E-state index in [-0.39, 0.29) is 5.56 Å². The number of para-hydroxylation sites is 1. The van der Waals surface area contributed by atoms with Crippen LogP contribution in [0.4, 0.5) is 0 Å². The molecule has 0 aliphatic carbocycles. The Morgan fingerprint density at radius 2 is 1.88 bits per heavy atom. The fourth-order valence-electron chi connectivity index (χ4n) is 1.98. The van der Waals surface area contributed by atoms with E-state index in [1.807, 2.05) is 30.3 Å². The minimum Gasteiger partial charge on any atom is -0.496 e. The van der Waals surface area contributed by atoms with E-state index in [9.17, 15) is 9.59 Å². The zero-order chi connectivity index (χ0) is 18.1. The molecule has 6 nitrogen and oxygen atoms in total. The summed E-state index contributed by atoms with van der Waals surface area (Å²) in [6.07, 6.45) is 0. The lowest BCUT2D eigenvalue weighted by Crippen LogP contribution is -2.32. The first-order valence-corrected chi connectivity index (χ1v) is 7.93. The van der Waals surface area contributed by atoms with Gasteiger partial charge in [-0.1, -0.05) is 29.8 Å². The van der Waals surface area contributed by atoms with Crippen molar-refractivity contribution in [3.05, 3.63) is 59.1 Å². The number of ether oxygens (including phenoxy) is 3. The van der Waals surface area contributed by atoms with Gasteiger partial charge in [-0.25, -0.2) is 4.79 Å². The molecule has 2 aromatic rings. The summed E-state index contributed by atoms with van der Waals surface area (Å²) in [4.78, 5) is 23.7. The van der Waals surface area contributed by atoms with Crippen molar-refractivity contribution in [1.29, 1.82) is 0 Å². The number of carbonyl (C=O) groups excluding carboxylic acids is 2. The SMILES string of the molecule is COc1ccc(Cl)cc1C(=O)OCC(=O)NCCOc1ccccc1. The number of methoxy groups -OCH3 is 1. The summed E-state index contributed by atoms with van der Waals surface area (Å²) in [5.74, 6) is -0.0664. The van der Waals surface area contributed by atoms with Crippen molar-refractivity contribution in [1.82, 2.24) is 5.32 Å². The van der Waals surface area contributed by atoms with Gasteiger partial charge in [0.25, 0.3) is 5.91 Å². The van der Waals surface area contributed by atoms with Crippen LogP contribution < -0.4 is 14.8 Å². The molecule has 0 heterocycles. The van der Waals surface area contributed by atoms with Gasteiger partial charge in [-0.2, -0.15) is 0 Å². The van der Waals surface area contributed by atoms with Gasteiger partial charge in [0.05, 0.1) is 13.7 Å². The van der Waals surface area contributed by atoms with Crippen LogP contribution >= 0.6 is 11.6 Å². The number of amides is 1. The Morgan fingerprint density at radius 1 is 1.12 bits per heavy atom. The Labute approximate surface area is 150 Å². The third-order valence-electron chi connectivity index (χ3n) is 3.15. The van der Waals surface area contributed by atoms with Crippen LogP contribution in [0.15, 0.2) is 48.5 Å². The third kappa shape index (κ3) is 6.00. The summed E-state index contributed by atoms with van der Waals surface area (Å²) in [5.41, 5.74) is 0.162. The van der Waals surface area contributed by atoms with E-state index < -0.39 is 18.5 Å². The molecule has 2 rings (SSSR count). The number of benzene rings is 2. The van der Waals surface area contributed by atoms with Crippen LogP contribution in [0.5, 0.6) is 11.5 Å². The Morgan fingerprint density at radius 3 is 2.60 bits per heavy atom. The van der Waals surface area contributed by atoms with E-state index in [2.05, 4.69) is 5.32 Å². The molecule has 0 aliphatic rings. The average molecular weight is 364 g/mol. The van der Waals surface area contributed by atoms with Gasteiger partial charge in [-0.3, -0.25) is 4.79 Å². The number of hydrogen-bond acceptors (Lipinski definition) is 5. The summed E-state index contributed by atoms with van der Waals surface area (Å²) in [6, 6.07) is 13.8. The van der Waals surface area contributed by atoms with Gasteiger partial charge in [0.2, 0.25) is 0 Å². The molecule has 1 amide bonds. The lowest BCUT2D eigenvalue weighted by atomic mass is 10.2. The predicted octanol–water partition coefficient (Wildman–Crippen LogP) is 2.70. The van der Waals surface area contributed by atoms with Crippen LogP contribution in [0.1, 0.15) is 10.4 Å². The molecule has 0 fully saturated rings. The van der Waals surface area contributed by atoms with Crippen molar-refractivity contribution >= 4 is 23.5 Å². The minimum atomic E-state index is -0.685. The smallest absolute Gasteiger partial charge is 0.342 e. The summed E-state index contributed by atoms with van der Waals surface area (Å²) >= 11 is 5.86. The number of rotatable bonds is 8. The lowest BCUT2D eigenvalue weighted by Gasteiger charge is -2.10. The molecule has 0 saturated heterocycles. The van der Waals surface area contributed by atoms with Gasteiger partial charge in [-0.15, -0.1) is 0 Å². The molecule has 25 heavy (non-hydrogen) atoms. The highest BCUT2D eigenvalue weighted by Crippen LogP contribution is 2.23. The fraction of sp³-hybridized carbons (Fsp3) is 0.222. The normalized spacial score (nSPS) is 10.0. The molecule has 132 valence electrons. The van der Waals surface area contributed by atoms with Crippen LogP contribution in [-0.4, -0.2) is 38.7 Å². The Hall–Kier alpha value is -2.73. The van der Waals surface area contributed by atoms with E-state index >= 15 is 0 Å². The maximum Gasteiger partial charge on any atom is 0.342 e. The van der Waals surface area contributed by atoms with Gasteiger partial charge in [-0.05, 0) is 30.3 Å². The van der Waals surface area contributed by atoms with E-state index in [0.717, 1.165) is 5.75 Å². The van der Waals surface area contributed by atoms with Gasteiger partial charge >= 0.3 is 5.97 Å². The first-order chi connectivity index (χ1) is 12.1. The predicted molar refractivity (Wildman–Crippen MR) is 93.2 cm³/mol. The quantitative estimate of drug-likeness (QED) is 0.576. The molecule has 0 saturated carbocycles. The largest absolute Gasteiger partial charge is 0.496 e. The van der Waals surface area contributed by atoms with Crippen LogP contribution in [-0.2, 0) is 9.53 Å². The maximum atomic E-state index is 12.0. The number of hydrogen-bond donors (Lipinski definition) is 1. The van der Waals surface area contributed by atoms with Crippen molar-refractivity contribution in [2.75, 3.05) is 26.9 Å². The first kappa shape index (κ1) is 18.6. The Bertz CT molecular complexity index is 721. The first-order valence-electron chi connectivity index (χ1n) is 7.55. The Kier molecular flexibility index (Phi) is 7.10. The van der Waals surface area contributed by atoms with E-state index in [1.54, 1.807) is 12.1 Å². The topological polar surface area (TPSA) is 73.9 Å². The highest BCUT2D eigenvalue weighted by molar-refractivity contribution is 6.31. The van der Waals surface area contributed by atoms with Crippen molar-refractivity contribution in [3.63, 3.8) is 0 Å². The fourth-order valence-corrected chi connectivity index (χ4v) is 2.15. The van der Waals surface area contributed by atoms with Crippen LogP contribution in [0.25, 0.3) is 0 Å². The molecular weight excluding hydrogens is 346 g/mol. The van der Waals surface area contributed by atoms with Crippen molar-refractivity contribution < 1.29 is 23.8 Å². The van der Waals surface area contributed by atoms with Crippen LogP contribution in [0.2, 0.25) is 5.02 Å². The second-order valence-electron chi connectivity index (χ2n) is 4.93. The molecule has 0 bridgehead atoms. The molecular formula is C18H18ClNO5. The Balaban J connectivity index is 1.72. The van der Waals surface area contributed by atoms with E-state index in [4.69, 9.17) is 25.8 Å². The van der Waals surface area contributed by atoms with Gasteiger partial charge in [0, 0.05) is 5.02 Å². The zero-order valence-corrected chi connectivity index (χ0v) is 14.4. The molecule has 1 N–H and O–H groups in total. The summed E-state index contributed by atoms with van der Waals surface area (Å²) < 4.78 is 15.5. The molecule has 7 heteroatoms. The van der Waals surface area contributed by atoms with Crippen molar-refractivity contribution in [2.24, 2.45) is 0 Å². The standard InChI is InChI=1S/C18H18ClNO5/c1-23-16-8-7-13(19)11-15(16)18(22)25-12-17(21)20-9-10-24-14-5-3-2-4-6-14/h2-8,11H,9-10,12H2,1H3,(H,20,21). The zero-order valence-electron chi connectivity index (χ0n) is 13.7. The molecule has 0 aromatic heterocycles. The monoisotopic (exact) mass is 363 g/mol. The molecule has 0 atom stereocenters. The van der Waals surface area contributed by atoms with E-state index in [0.29, 0.717) is 23.9 Å². The van der Waals surface area contributed by atoms with Gasteiger partial charge < -0.3 is 19.5 Å². The highest BCUT2D eigenvalue weighted by Gasteiger charge is 2.15. The van der Waals surface area contributed by atoms with E-state index in [1.165, 1.54) is 13.2 Å². The average Bonchev–Trinajstić information content (AvgIpc) is 2.64. The number of esters is 1.